The minimum atomic E-state index is -3.69. The van der Waals surface area contributed by atoms with Crippen molar-refractivity contribution in [2.75, 3.05) is 33.4 Å². The number of halogens is 2. The normalized spacial score (nSPS) is 17.3. The third-order valence-electron chi connectivity index (χ3n) is 7.49. The maximum atomic E-state index is 13.5. The van der Waals surface area contributed by atoms with E-state index in [1.54, 1.807) is 49.8 Å². The van der Waals surface area contributed by atoms with Gasteiger partial charge in [-0.05, 0) is 56.3 Å². The van der Waals surface area contributed by atoms with Crippen molar-refractivity contribution in [1.82, 2.24) is 19.9 Å². The summed E-state index contributed by atoms with van der Waals surface area (Å²) >= 11 is 0. The first kappa shape index (κ1) is 27.9. The fourth-order valence-corrected chi connectivity index (χ4v) is 5.24. The van der Waals surface area contributed by atoms with Gasteiger partial charge in [-0.25, -0.2) is 14.8 Å². The minimum absolute atomic E-state index is 0.0122. The number of methoxy groups -OCH3 is 1. The van der Waals surface area contributed by atoms with Crippen LogP contribution in [-0.4, -0.2) is 71.6 Å². The summed E-state index contributed by atoms with van der Waals surface area (Å²) in [6.45, 7) is 2.47. The number of nitrogens with zero attached hydrogens (tertiary/aromatic N) is 3. The van der Waals surface area contributed by atoms with Gasteiger partial charge in [0.25, 0.3) is 0 Å². The molecule has 0 bridgehead atoms. The SMILES string of the molecule is COC(COC(=O)c1ccc2nc[nH]c2c1)CN1CCC(c2cccc(OCc3cccc4c3OC(F)(F)O4)n2)CC1. The van der Waals surface area contributed by atoms with Gasteiger partial charge in [-0.1, -0.05) is 18.2 Å². The lowest BCUT2D eigenvalue weighted by atomic mass is 9.93. The number of rotatable bonds is 10. The Bertz CT molecular complexity index is 1560. The van der Waals surface area contributed by atoms with Crippen LogP contribution in [0.25, 0.3) is 11.0 Å². The molecule has 42 heavy (non-hydrogen) atoms. The summed E-state index contributed by atoms with van der Waals surface area (Å²) in [5.41, 5.74) is 3.39. The zero-order chi connectivity index (χ0) is 29.1. The number of para-hydroxylation sites is 1. The van der Waals surface area contributed by atoms with Crippen molar-refractivity contribution in [1.29, 1.82) is 0 Å². The second-order valence-corrected chi connectivity index (χ2v) is 10.3. The molecule has 6 rings (SSSR count). The van der Waals surface area contributed by atoms with Crippen LogP contribution in [0.4, 0.5) is 8.78 Å². The van der Waals surface area contributed by atoms with Crippen LogP contribution in [0.2, 0.25) is 0 Å². The summed E-state index contributed by atoms with van der Waals surface area (Å²) < 4.78 is 53.1. The zero-order valence-electron chi connectivity index (χ0n) is 22.9. The van der Waals surface area contributed by atoms with Gasteiger partial charge < -0.3 is 33.6 Å². The number of aromatic nitrogens is 3. The molecule has 2 aromatic carbocycles. The molecule has 0 amide bonds. The number of imidazole rings is 1. The number of alkyl halides is 2. The van der Waals surface area contributed by atoms with Crippen molar-refractivity contribution in [3.05, 3.63) is 77.7 Å². The molecule has 1 atom stereocenters. The third kappa shape index (κ3) is 6.29. The minimum Gasteiger partial charge on any atom is -0.473 e. The number of hydrogen-bond donors (Lipinski definition) is 1. The molecule has 1 fully saturated rings. The lowest BCUT2D eigenvalue weighted by molar-refractivity contribution is -0.287. The fraction of sp³-hybridized carbons (Fsp3) is 0.367. The predicted octanol–water partition coefficient (Wildman–Crippen LogP) is 4.91. The van der Waals surface area contributed by atoms with Crippen molar-refractivity contribution in [3.63, 3.8) is 0 Å². The zero-order valence-corrected chi connectivity index (χ0v) is 22.9. The Morgan fingerprint density at radius 3 is 2.81 bits per heavy atom. The first-order valence-electron chi connectivity index (χ1n) is 13.7. The van der Waals surface area contributed by atoms with E-state index in [9.17, 15) is 13.6 Å². The molecule has 0 aliphatic carbocycles. The molecule has 1 unspecified atom stereocenters. The molecule has 0 spiro atoms. The Labute approximate surface area is 240 Å². The van der Waals surface area contributed by atoms with E-state index < -0.39 is 12.3 Å². The molecule has 4 heterocycles. The van der Waals surface area contributed by atoms with E-state index in [2.05, 4.69) is 29.3 Å². The highest BCUT2D eigenvalue weighted by atomic mass is 19.3. The van der Waals surface area contributed by atoms with Crippen LogP contribution in [0.3, 0.4) is 0 Å². The van der Waals surface area contributed by atoms with Crippen molar-refractivity contribution < 1.29 is 37.3 Å². The quantitative estimate of drug-likeness (QED) is 0.262. The Morgan fingerprint density at radius 1 is 1.14 bits per heavy atom. The second kappa shape index (κ2) is 11.9. The van der Waals surface area contributed by atoms with Gasteiger partial charge in [0.15, 0.2) is 11.5 Å². The lowest BCUT2D eigenvalue weighted by Crippen LogP contribution is -2.41. The Balaban J connectivity index is 0.980. The van der Waals surface area contributed by atoms with Gasteiger partial charge in [-0.3, -0.25) is 0 Å². The monoisotopic (exact) mass is 580 g/mol. The maximum Gasteiger partial charge on any atom is 0.586 e. The number of pyridine rings is 1. The number of carbonyl (C=O) groups excluding carboxylic acids is 1. The van der Waals surface area contributed by atoms with Crippen LogP contribution in [0, 0.1) is 0 Å². The molecule has 12 heteroatoms. The standard InChI is InChI=1S/C30H30F2N4O6/c1-38-22(17-40-29(37)20-8-9-24-25(14-20)34-18-33-24)15-36-12-10-19(11-13-36)23-5-3-7-27(35-23)39-16-21-4-2-6-26-28(21)42-30(31,32)41-26/h2-9,14,18-19,22H,10-13,15-17H2,1H3,(H,33,34). The highest BCUT2D eigenvalue weighted by Gasteiger charge is 2.44. The van der Waals surface area contributed by atoms with Crippen molar-refractivity contribution in [2.24, 2.45) is 0 Å². The number of hydrogen-bond acceptors (Lipinski definition) is 9. The summed E-state index contributed by atoms with van der Waals surface area (Å²) in [6, 6.07) is 15.5. The summed E-state index contributed by atoms with van der Waals surface area (Å²) in [7, 11) is 1.62. The average molecular weight is 581 g/mol. The number of benzene rings is 2. The Hall–Kier alpha value is -4.29. The molecular weight excluding hydrogens is 550 g/mol. The lowest BCUT2D eigenvalue weighted by Gasteiger charge is -2.33. The van der Waals surface area contributed by atoms with E-state index in [0.717, 1.165) is 42.7 Å². The largest absolute Gasteiger partial charge is 0.586 e. The number of fused-ring (bicyclic) bond motifs is 2. The molecule has 0 radical (unpaired) electrons. The maximum absolute atomic E-state index is 13.5. The number of H-pyrrole nitrogens is 1. The van der Waals surface area contributed by atoms with Crippen molar-refractivity contribution >= 4 is 17.0 Å². The number of piperidine rings is 1. The number of carbonyl (C=O) groups is 1. The molecular formula is C30H30F2N4O6. The molecule has 1 N–H and O–H groups in total. The number of esters is 1. The smallest absolute Gasteiger partial charge is 0.473 e. The van der Waals surface area contributed by atoms with Crippen LogP contribution in [0.5, 0.6) is 17.4 Å². The summed E-state index contributed by atoms with van der Waals surface area (Å²) in [4.78, 5) is 26.7. The molecule has 2 aromatic heterocycles. The van der Waals surface area contributed by atoms with Gasteiger partial charge >= 0.3 is 12.3 Å². The van der Waals surface area contributed by atoms with Gasteiger partial charge in [-0.2, -0.15) is 0 Å². The van der Waals surface area contributed by atoms with E-state index in [-0.39, 0.29) is 36.7 Å². The third-order valence-corrected chi connectivity index (χ3v) is 7.49. The number of aromatic amines is 1. The van der Waals surface area contributed by atoms with Crippen LogP contribution in [0.1, 0.15) is 40.4 Å². The fourth-order valence-electron chi connectivity index (χ4n) is 5.24. The van der Waals surface area contributed by atoms with E-state index in [1.807, 2.05) is 12.1 Å². The molecule has 0 saturated carbocycles. The predicted molar refractivity (Wildman–Crippen MR) is 147 cm³/mol. The Kier molecular flexibility index (Phi) is 7.90. The second-order valence-electron chi connectivity index (χ2n) is 10.3. The van der Waals surface area contributed by atoms with Gasteiger partial charge in [0, 0.05) is 36.9 Å². The Morgan fingerprint density at radius 2 is 1.98 bits per heavy atom. The van der Waals surface area contributed by atoms with Gasteiger partial charge in [-0.15, -0.1) is 8.78 Å². The van der Waals surface area contributed by atoms with Crippen molar-refractivity contribution in [3.8, 4) is 17.4 Å². The van der Waals surface area contributed by atoms with E-state index in [4.69, 9.17) is 14.2 Å². The molecule has 2 aliphatic rings. The van der Waals surface area contributed by atoms with Crippen molar-refractivity contribution in [2.45, 2.75) is 37.8 Å². The highest BCUT2D eigenvalue weighted by Crippen LogP contribution is 2.43. The topological polar surface area (TPSA) is 108 Å². The number of likely N-dealkylation sites (tertiary alicyclic amines) is 1. The number of ether oxygens (including phenoxy) is 5. The summed E-state index contributed by atoms with van der Waals surface area (Å²) in [5, 5.41) is 0. The van der Waals surface area contributed by atoms with Crippen LogP contribution in [0.15, 0.2) is 60.9 Å². The molecule has 2 aliphatic heterocycles. The molecule has 10 nitrogen and oxygen atoms in total. The van der Waals surface area contributed by atoms with E-state index in [0.29, 0.717) is 23.6 Å². The van der Waals surface area contributed by atoms with E-state index in [1.165, 1.54) is 6.07 Å². The molecule has 220 valence electrons. The van der Waals surface area contributed by atoms with Crippen LogP contribution in [-0.2, 0) is 16.1 Å². The van der Waals surface area contributed by atoms with Gasteiger partial charge in [0.2, 0.25) is 5.88 Å². The van der Waals surface area contributed by atoms with Gasteiger partial charge in [0.1, 0.15) is 19.3 Å². The van der Waals surface area contributed by atoms with E-state index >= 15 is 0 Å². The summed E-state index contributed by atoms with van der Waals surface area (Å²) in [6.07, 6.45) is -0.576. The van der Waals surface area contributed by atoms with Crippen LogP contribution < -0.4 is 14.2 Å². The number of nitrogens with one attached hydrogen (secondary N) is 1. The highest BCUT2D eigenvalue weighted by molar-refractivity contribution is 5.93. The molecule has 4 aromatic rings. The first-order chi connectivity index (χ1) is 20.4. The summed E-state index contributed by atoms with van der Waals surface area (Å²) in [5.74, 6) is 0.209. The average Bonchev–Trinajstić information content (AvgIpc) is 3.60. The molecule has 1 saturated heterocycles. The van der Waals surface area contributed by atoms with Crippen LogP contribution >= 0.6 is 0 Å². The van der Waals surface area contributed by atoms with Gasteiger partial charge in [0.05, 0.1) is 22.9 Å². The first-order valence-corrected chi connectivity index (χ1v) is 13.7.